The summed E-state index contributed by atoms with van der Waals surface area (Å²) >= 11 is 0. The Balaban J connectivity index is 1.65. The number of nitrogens with zero attached hydrogens (tertiary/aromatic N) is 2. The van der Waals surface area contributed by atoms with Crippen molar-refractivity contribution in [1.82, 2.24) is 9.80 Å². The molecule has 5 nitrogen and oxygen atoms in total. The first kappa shape index (κ1) is 24.3. The van der Waals surface area contributed by atoms with Crippen molar-refractivity contribution in [2.24, 2.45) is 0 Å². The first-order chi connectivity index (χ1) is 16.0. The van der Waals surface area contributed by atoms with Crippen LogP contribution in [0.2, 0.25) is 0 Å². The minimum Gasteiger partial charge on any atom is -0.464 e. The lowest BCUT2D eigenvalue weighted by Gasteiger charge is -2.27. The summed E-state index contributed by atoms with van der Waals surface area (Å²) in [6.45, 7) is 5.56. The van der Waals surface area contributed by atoms with Crippen LogP contribution in [0.5, 0.6) is 0 Å². The molecule has 0 aliphatic carbocycles. The number of hydrogen-bond donors (Lipinski definition) is 0. The third-order valence-electron chi connectivity index (χ3n) is 5.65. The van der Waals surface area contributed by atoms with E-state index in [1.54, 1.807) is 9.80 Å². The van der Waals surface area contributed by atoms with Crippen molar-refractivity contribution < 1.29 is 14.0 Å². The van der Waals surface area contributed by atoms with E-state index in [2.05, 4.69) is 12.1 Å². The Bertz CT molecular complexity index is 998. The van der Waals surface area contributed by atoms with Crippen LogP contribution in [0.15, 0.2) is 77.2 Å². The third kappa shape index (κ3) is 7.94. The highest BCUT2D eigenvalue weighted by Gasteiger charge is 2.22. The monoisotopic (exact) mass is 446 g/mol. The normalized spacial score (nSPS) is 10.7. The highest BCUT2D eigenvalue weighted by Crippen LogP contribution is 2.13. The quantitative estimate of drug-likeness (QED) is 0.392. The molecule has 2 aromatic carbocycles. The van der Waals surface area contributed by atoms with Crippen molar-refractivity contribution in [3.05, 3.63) is 95.4 Å². The fourth-order valence-corrected chi connectivity index (χ4v) is 3.84. The molecule has 1 heterocycles. The third-order valence-corrected chi connectivity index (χ3v) is 5.65. The number of rotatable bonds is 12. The molecule has 0 fully saturated rings. The summed E-state index contributed by atoms with van der Waals surface area (Å²) in [6.07, 6.45) is 2.64. The van der Waals surface area contributed by atoms with Gasteiger partial charge in [0, 0.05) is 19.5 Å². The van der Waals surface area contributed by atoms with Gasteiger partial charge in [-0.05, 0) is 49.4 Å². The van der Waals surface area contributed by atoms with Gasteiger partial charge in [0.15, 0.2) is 0 Å². The Hall–Kier alpha value is -3.34. The standard InChI is InChI=1S/C28H34N2O3/c1-3-19-29(27(31)17-15-24-10-6-4-7-11-24)22-28(32)30(21-26-16-14-23(2)33-26)20-18-25-12-8-5-9-13-25/h4-14,16H,3,15,17-22H2,1-2H3. The molecule has 3 aromatic rings. The Morgan fingerprint density at radius 3 is 1.97 bits per heavy atom. The highest BCUT2D eigenvalue weighted by molar-refractivity contribution is 5.85. The molecular weight excluding hydrogens is 412 g/mol. The minimum absolute atomic E-state index is 0.0194. The number of furan rings is 1. The number of aryl methyl sites for hydroxylation is 2. The number of carbonyl (C=O) groups excluding carboxylic acids is 2. The molecule has 3 rings (SSSR count). The van der Waals surface area contributed by atoms with Gasteiger partial charge in [-0.2, -0.15) is 0 Å². The van der Waals surface area contributed by atoms with Crippen molar-refractivity contribution in [3.8, 4) is 0 Å². The van der Waals surface area contributed by atoms with Crippen molar-refractivity contribution >= 4 is 11.8 Å². The van der Waals surface area contributed by atoms with Gasteiger partial charge in [-0.1, -0.05) is 67.6 Å². The average Bonchev–Trinajstić information content (AvgIpc) is 3.25. The predicted molar refractivity (Wildman–Crippen MR) is 131 cm³/mol. The summed E-state index contributed by atoms with van der Waals surface area (Å²) in [5, 5.41) is 0. The van der Waals surface area contributed by atoms with E-state index in [-0.39, 0.29) is 18.4 Å². The molecule has 1 aromatic heterocycles. The van der Waals surface area contributed by atoms with Gasteiger partial charge in [0.05, 0.1) is 13.1 Å². The lowest BCUT2D eigenvalue weighted by atomic mass is 10.1. The van der Waals surface area contributed by atoms with E-state index in [0.717, 1.165) is 29.9 Å². The average molecular weight is 447 g/mol. The Morgan fingerprint density at radius 1 is 0.758 bits per heavy atom. The smallest absolute Gasteiger partial charge is 0.242 e. The largest absolute Gasteiger partial charge is 0.464 e. The maximum absolute atomic E-state index is 13.3. The van der Waals surface area contributed by atoms with Crippen molar-refractivity contribution in [1.29, 1.82) is 0 Å². The Labute approximate surface area is 197 Å². The van der Waals surface area contributed by atoms with E-state index in [4.69, 9.17) is 4.42 Å². The molecule has 33 heavy (non-hydrogen) atoms. The van der Waals surface area contributed by atoms with Crippen molar-refractivity contribution in [2.45, 2.75) is 46.1 Å². The molecule has 0 atom stereocenters. The molecule has 0 unspecified atom stereocenters. The molecule has 174 valence electrons. The lowest BCUT2D eigenvalue weighted by Crippen LogP contribution is -2.43. The zero-order chi connectivity index (χ0) is 23.5. The zero-order valence-electron chi connectivity index (χ0n) is 19.7. The van der Waals surface area contributed by atoms with Crippen LogP contribution in [0.4, 0.5) is 0 Å². The molecule has 0 N–H and O–H groups in total. The molecule has 0 radical (unpaired) electrons. The van der Waals surface area contributed by atoms with E-state index >= 15 is 0 Å². The van der Waals surface area contributed by atoms with Gasteiger partial charge in [0.2, 0.25) is 11.8 Å². The summed E-state index contributed by atoms with van der Waals surface area (Å²) in [6, 6.07) is 23.9. The van der Waals surface area contributed by atoms with Crippen LogP contribution in [-0.4, -0.2) is 41.2 Å². The second-order valence-electron chi connectivity index (χ2n) is 8.36. The van der Waals surface area contributed by atoms with Crippen molar-refractivity contribution in [2.75, 3.05) is 19.6 Å². The van der Waals surface area contributed by atoms with E-state index in [9.17, 15) is 9.59 Å². The van der Waals surface area contributed by atoms with Gasteiger partial charge in [0.1, 0.15) is 11.5 Å². The van der Waals surface area contributed by atoms with Gasteiger partial charge < -0.3 is 14.2 Å². The molecule has 0 aliphatic rings. The van der Waals surface area contributed by atoms with Crippen LogP contribution < -0.4 is 0 Å². The fraction of sp³-hybridized carbons (Fsp3) is 0.357. The molecule has 0 spiro atoms. The van der Waals surface area contributed by atoms with Gasteiger partial charge in [0.25, 0.3) is 0 Å². The summed E-state index contributed by atoms with van der Waals surface area (Å²) in [5.41, 5.74) is 2.31. The highest BCUT2D eigenvalue weighted by atomic mass is 16.3. The molecule has 2 amide bonds. The van der Waals surface area contributed by atoms with Crippen LogP contribution in [0.3, 0.4) is 0 Å². The number of hydrogen-bond acceptors (Lipinski definition) is 3. The van der Waals surface area contributed by atoms with Crippen LogP contribution in [0.1, 0.15) is 42.4 Å². The van der Waals surface area contributed by atoms with E-state index in [0.29, 0.717) is 32.5 Å². The van der Waals surface area contributed by atoms with Crippen LogP contribution in [-0.2, 0) is 29.0 Å². The molecule has 0 bridgehead atoms. The maximum Gasteiger partial charge on any atom is 0.242 e. The summed E-state index contributed by atoms with van der Waals surface area (Å²) in [7, 11) is 0. The first-order valence-electron chi connectivity index (χ1n) is 11.7. The zero-order valence-corrected chi connectivity index (χ0v) is 19.7. The van der Waals surface area contributed by atoms with Gasteiger partial charge in [-0.25, -0.2) is 0 Å². The van der Waals surface area contributed by atoms with Gasteiger partial charge >= 0.3 is 0 Å². The first-order valence-corrected chi connectivity index (χ1v) is 11.7. The predicted octanol–water partition coefficient (Wildman–Crippen LogP) is 5.03. The van der Waals surface area contributed by atoms with Crippen LogP contribution >= 0.6 is 0 Å². The Morgan fingerprint density at radius 2 is 1.39 bits per heavy atom. The van der Waals surface area contributed by atoms with Gasteiger partial charge in [-0.3, -0.25) is 9.59 Å². The van der Waals surface area contributed by atoms with Crippen LogP contribution in [0, 0.1) is 6.92 Å². The van der Waals surface area contributed by atoms with Crippen molar-refractivity contribution in [3.63, 3.8) is 0 Å². The number of benzene rings is 2. The Kier molecular flexibility index (Phi) is 9.31. The minimum atomic E-state index is -0.0542. The SMILES string of the molecule is CCCN(CC(=O)N(CCc1ccccc1)Cc1ccc(C)o1)C(=O)CCc1ccccc1. The molecule has 5 heteroatoms. The molecule has 0 aliphatic heterocycles. The second-order valence-corrected chi connectivity index (χ2v) is 8.36. The molecular formula is C28H34N2O3. The summed E-state index contributed by atoms with van der Waals surface area (Å²) in [4.78, 5) is 29.8. The topological polar surface area (TPSA) is 53.8 Å². The van der Waals surface area contributed by atoms with Gasteiger partial charge in [-0.15, -0.1) is 0 Å². The van der Waals surface area contributed by atoms with E-state index in [1.165, 1.54) is 5.56 Å². The van der Waals surface area contributed by atoms with Crippen LogP contribution in [0.25, 0.3) is 0 Å². The summed E-state index contributed by atoms with van der Waals surface area (Å²) in [5.74, 6) is 1.54. The second kappa shape index (κ2) is 12.6. The fourth-order valence-electron chi connectivity index (χ4n) is 3.84. The summed E-state index contributed by atoms with van der Waals surface area (Å²) < 4.78 is 5.73. The molecule has 0 saturated carbocycles. The van der Waals surface area contributed by atoms with E-state index in [1.807, 2.05) is 74.5 Å². The molecule has 0 saturated heterocycles. The lowest BCUT2D eigenvalue weighted by molar-refractivity contribution is -0.141. The number of amides is 2. The maximum atomic E-state index is 13.3. The number of carbonyl (C=O) groups is 2. The van der Waals surface area contributed by atoms with E-state index < -0.39 is 0 Å².